The van der Waals surface area contributed by atoms with Crippen LogP contribution < -0.4 is 0 Å². The first kappa shape index (κ1) is 16.3. The Labute approximate surface area is 147 Å². The van der Waals surface area contributed by atoms with Gasteiger partial charge in [-0.1, -0.05) is 59.6 Å². The van der Waals surface area contributed by atoms with Crippen LogP contribution in [0.2, 0.25) is 10.0 Å². The zero-order chi connectivity index (χ0) is 16.1. The fraction of sp³-hybridized carbons (Fsp3) is 0.278. The van der Waals surface area contributed by atoms with Gasteiger partial charge in [-0.3, -0.25) is 9.91 Å². The summed E-state index contributed by atoms with van der Waals surface area (Å²) in [6.07, 6.45) is 1.84. The highest BCUT2D eigenvalue weighted by Crippen LogP contribution is 2.21. The average molecular weight is 348 g/mol. The molecule has 0 amide bonds. The summed E-state index contributed by atoms with van der Waals surface area (Å²) >= 11 is 11.9. The fourth-order valence-electron chi connectivity index (χ4n) is 2.59. The van der Waals surface area contributed by atoms with E-state index in [1.165, 1.54) is 5.56 Å². The minimum atomic E-state index is 0.559. The third-order valence-electron chi connectivity index (χ3n) is 3.91. The molecule has 0 unspecified atom stereocenters. The standard InChI is InChI=1S/C18H19Cl2N3/c19-17-7-6-16(12-18(17)20)13-21-23-10-8-22(9-11-23)14-15-4-2-1-3-5-15/h1-7,12-13H,8-11,14H2. The highest BCUT2D eigenvalue weighted by molar-refractivity contribution is 6.42. The number of hydrogen-bond donors (Lipinski definition) is 0. The molecule has 2 aromatic rings. The Balaban J connectivity index is 1.50. The highest BCUT2D eigenvalue weighted by Gasteiger charge is 2.15. The van der Waals surface area contributed by atoms with Crippen LogP contribution in [0.3, 0.4) is 0 Å². The molecule has 0 radical (unpaired) electrons. The van der Waals surface area contributed by atoms with E-state index in [-0.39, 0.29) is 0 Å². The van der Waals surface area contributed by atoms with Crippen molar-refractivity contribution in [2.75, 3.05) is 26.2 Å². The molecule has 0 spiro atoms. The monoisotopic (exact) mass is 347 g/mol. The van der Waals surface area contributed by atoms with Gasteiger partial charge in [0.25, 0.3) is 0 Å². The molecule has 1 fully saturated rings. The van der Waals surface area contributed by atoms with Crippen LogP contribution in [0.5, 0.6) is 0 Å². The summed E-state index contributed by atoms with van der Waals surface area (Å²) in [6.45, 7) is 4.92. The molecule has 0 N–H and O–H groups in total. The number of rotatable bonds is 4. The first-order valence-electron chi connectivity index (χ1n) is 7.71. The van der Waals surface area contributed by atoms with E-state index in [2.05, 4.69) is 45.3 Å². The van der Waals surface area contributed by atoms with Gasteiger partial charge in [0.15, 0.2) is 0 Å². The largest absolute Gasteiger partial charge is 0.295 e. The van der Waals surface area contributed by atoms with E-state index in [9.17, 15) is 0 Å². The van der Waals surface area contributed by atoms with Gasteiger partial charge in [0.1, 0.15) is 0 Å². The lowest BCUT2D eigenvalue weighted by Crippen LogP contribution is -2.43. The minimum Gasteiger partial charge on any atom is -0.295 e. The van der Waals surface area contributed by atoms with Crippen molar-refractivity contribution in [1.82, 2.24) is 9.91 Å². The Kier molecular flexibility index (Phi) is 5.55. The Hall–Kier alpha value is -1.55. The van der Waals surface area contributed by atoms with E-state index in [1.54, 1.807) is 6.07 Å². The number of nitrogens with zero attached hydrogens (tertiary/aromatic N) is 3. The third-order valence-corrected chi connectivity index (χ3v) is 4.65. The summed E-state index contributed by atoms with van der Waals surface area (Å²) in [7, 11) is 0. The molecule has 3 nitrogen and oxygen atoms in total. The normalized spacial score (nSPS) is 16.2. The van der Waals surface area contributed by atoms with Crippen LogP contribution in [0.25, 0.3) is 0 Å². The van der Waals surface area contributed by atoms with E-state index >= 15 is 0 Å². The number of halogens is 2. The van der Waals surface area contributed by atoms with Gasteiger partial charge < -0.3 is 0 Å². The molecular formula is C18H19Cl2N3. The molecule has 0 aliphatic carbocycles. The Morgan fingerprint density at radius 2 is 1.65 bits per heavy atom. The van der Waals surface area contributed by atoms with Crippen LogP contribution in [0, 0.1) is 0 Å². The molecule has 1 saturated heterocycles. The Bertz CT molecular complexity index is 665. The summed E-state index contributed by atoms with van der Waals surface area (Å²) in [5.41, 5.74) is 2.33. The average Bonchev–Trinajstić information content (AvgIpc) is 2.58. The van der Waals surface area contributed by atoms with Gasteiger partial charge >= 0.3 is 0 Å². The molecular weight excluding hydrogens is 329 g/mol. The van der Waals surface area contributed by atoms with Crippen molar-refractivity contribution in [2.24, 2.45) is 5.10 Å². The summed E-state index contributed by atoms with van der Waals surface area (Å²) in [5, 5.41) is 7.77. The summed E-state index contributed by atoms with van der Waals surface area (Å²) in [5.74, 6) is 0. The van der Waals surface area contributed by atoms with Gasteiger partial charge in [-0.15, -0.1) is 0 Å². The molecule has 120 valence electrons. The molecule has 0 atom stereocenters. The van der Waals surface area contributed by atoms with Crippen LogP contribution >= 0.6 is 23.2 Å². The molecule has 0 bridgehead atoms. The van der Waals surface area contributed by atoms with E-state index in [4.69, 9.17) is 23.2 Å². The Morgan fingerprint density at radius 1 is 0.913 bits per heavy atom. The van der Waals surface area contributed by atoms with Crippen molar-refractivity contribution in [3.8, 4) is 0 Å². The van der Waals surface area contributed by atoms with Crippen LogP contribution in [0.15, 0.2) is 53.6 Å². The van der Waals surface area contributed by atoms with Crippen LogP contribution in [-0.2, 0) is 6.54 Å². The molecule has 0 saturated carbocycles. The topological polar surface area (TPSA) is 18.8 Å². The maximum Gasteiger partial charge on any atom is 0.0598 e. The summed E-state index contributed by atoms with van der Waals surface area (Å²) < 4.78 is 0. The fourth-order valence-corrected chi connectivity index (χ4v) is 2.90. The number of piperazine rings is 1. The molecule has 5 heteroatoms. The lowest BCUT2D eigenvalue weighted by molar-refractivity contribution is 0.131. The lowest BCUT2D eigenvalue weighted by Gasteiger charge is -2.33. The van der Waals surface area contributed by atoms with Crippen molar-refractivity contribution < 1.29 is 0 Å². The first-order chi connectivity index (χ1) is 11.2. The van der Waals surface area contributed by atoms with Crippen molar-refractivity contribution in [1.29, 1.82) is 0 Å². The van der Waals surface area contributed by atoms with Crippen molar-refractivity contribution in [2.45, 2.75) is 6.54 Å². The van der Waals surface area contributed by atoms with Gasteiger partial charge in [0, 0.05) is 32.7 Å². The lowest BCUT2D eigenvalue weighted by atomic mass is 10.2. The van der Waals surface area contributed by atoms with E-state index in [0.717, 1.165) is 38.3 Å². The van der Waals surface area contributed by atoms with Crippen molar-refractivity contribution in [3.63, 3.8) is 0 Å². The third kappa shape index (κ3) is 4.71. The molecule has 1 aliphatic rings. The smallest absolute Gasteiger partial charge is 0.0598 e. The number of benzene rings is 2. The van der Waals surface area contributed by atoms with E-state index in [0.29, 0.717) is 10.0 Å². The molecule has 3 rings (SSSR count). The molecule has 0 aromatic heterocycles. The minimum absolute atomic E-state index is 0.559. The van der Waals surface area contributed by atoms with Gasteiger partial charge in [0.2, 0.25) is 0 Å². The summed E-state index contributed by atoms with van der Waals surface area (Å²) in [6, 6.07) is 16.1. The van der Waals surface area contributed by atoms with Gasteiger partial charge in [-0.05, 0) is 23.3 Å². The van der Waals surface area contributed by atoms with Crippen LogP contribution in [0.1, 0.15) is 11.1 Å². The molecule has 1 heterocycles. The van der Waals surface area contributed by atoms with E-state index < -0.39 is 0 Å². The second-order valence-corrected chi connectivity index (χ2v) is 6.45. The maximum atomic E-state index is 6.02. The maximum absolute atomic E-state index is 6.02. The zero-order valence-corrected chi connectivity index (χ0v) is 14.3. The molecule has 23 heavy (non-hydrogen) atoms. The molecule has 1 aliphatic heterocycles. The van der Waals surface area contributed by atoms with E-state index in [1.807, 2.05) is 18.3 Å². The second kappa shape index (κ2) is 7.82. The van der Waals surface area contributed by atoms with Crippen LogP contribution in [-0.4, -0.2) is 42.3 Å². The second-order valence-electron chi connectivity index (χ2n) is 5.63. The molecule has 2 aromatic carbocycles. The van der Waals surface area contributed by atoms with Gasteiger partial charge in [0.05, 0.1) is 16.3 Å². The predicted molar refractivity (Wildman–Crippen MR) is 97.3 cm³/mol. The number of hydrazone groups is 1. The SMILES string of the molecule is Clc1ccc(C=NN2CCN(Cc3ccccc3)CC2)cc1Cl. The van der Waals surface area contributed by atoms with Crippen LogP contribution in [0.4, 0.5) is 0 Å². The van der Waals surface area contributed by atoms with Crippen molar-refractivity contribution >= 4 is 29.4 Å². The highest BCUT2D eigenvalue weighted by atomic mass is 35.5. The van der Waals surface area contributed by atoms with Gasteiger partial charge in [-0.25, -0.2) is 0 Å². The predicted octanol–water partition coefficient (Wildman–Crippen LogP) is 4.15. The number of hydrogen-bond acceptors (Lipinski definition) is 3. The van der Waals surface area contributed by atoms with Gasteiger partial charge in [-0.2, -0.15) is 5.10 Å². The first-order valence-corrected chi connectivity index (χ1v) is 8.46. The zero-order valence-electron chi connectivity index (χ0n) is 12.8. The summed E-state index contributed by atoms with van der Waals surface area (Å²) in [4.78, 5) is 2.46. The quantitative estimate of drug-likeness (QED) is 0.773. The Morgan fingerprint density at radius 3 is 2.35 bits per heavy atom. The van der Waals surface area contributed by atoms with Crippen molar-refractivity contribution in [3.05, 3.63) is 69.7 Å².